The van der Waals surface area contributed by atoms with Gasteiger partial charge in [-0.05, 0) is 31.2 Å². The lowest BCUT2D eigenvalue weighted by atomic mass is 10.2. The Bertz CT molecular complexity index is 1100. The fourth-order valence-electron chi connectivity index (χ4n) is 2.98. The lowest BCUT2D eigenvalue weighted by Crippen LogP contribution is -2.02. The summed E-state index contributed by atoms with van der Waals surface area (Å²) in [4.78, 5) is 5.57. The highest BCUT2D eigenvalue weighted by molar-refractivity contribution is 7.19. The van der Waals surface area contributed by atoms with Crippen LogP contribution in [0.5, 0.6) is 0 Å². The Morgan fingerprint density at radius 3 is 2.83 bits per heavy atom. The highest BCUT2D eigenvalue weighted by Crippen LogP contribution is 2.32. The van der Waals surface area contributed by atoms with Crippen LogP contribution in [0, 0.1) is 12.7 Å². The van der Waals surface area contributed by atoms with Gasteiger partial charge in [0.25, 0.3) is 0 Å². The quantitative estimate of drug-likeness (QED) is 0.448. The Balaban J connectivity index is 1.44. The third kappa shape index (κ3) is 4.55. The third-order valence-corrected chi connectivity index (χ3v) is 5.52. The van der Waals surface area contributed by atoms with E-state index in [1.165, 1.54) is 17.4 Å². The number of aromatic nitrogens is 3. The van der Waals surface area contributed by atoms with E-state index in [1.54, 1.807) is 23.9 Å². The van der Waals surface area contributed by atoms with E-state index in [-0.39, 0.29) is 5.82 Å². The number of nitrogens with one attached hydrogen (secondary N) is 1. The summed E-state index contributed by atoms with van der Waals surface area (Å²) in [7, 11) is 1.64. The topological polar surface area (TPSA) is 65.1 Å². The highest BCUT2D eigenvalue weighted by atomic mass is 32.1. The predicted octanol–water partition coefficient (Wildman–Crippen LogP) is 4.85. The van der Waals surface area contributed by atoms with Gasteiger partial charge in [-0.3, -0.25) is 4.68 Å². The molecule has 0 atom stereocenters. The second-order valence-electron chi connectivity index (χ2n) is 6.58. The number of nitrogens with zero attached hydrogens (tertiary/aromatic N) is 3. The first-order valence-electron chi connectivity index (χ1n) is 9.17. The monoisotopic (exact) mass is 412 g/mol. The van der Waals surface area contributed by atoms with Crippen molar-refractivity contribution in [1.82, 2.24) is 14.8 Å². The molecule has 4 rings (SSSR count). The highest BCUT2D eigenvalue weighted by Gasteiger charge is 2.13. The zero-order valence-electron chi connectivity index (χ0n) is 16.2. The van der Waals surface area contributed by atoms with Gasteiger partial charge < -0.3 is 14.5 Å². The van der Waals surface area contributed by atoms with Gasteiger partial charge in [-0.2, -0.15) is 5.10 Å². The average molecular weight is 412 g/mol. The molecule has 1 N–H and O–H groups in total. The van der Waals surface area contributed by atoms with Crippen molar-refractivity contribution in [2.45, 2.75) is 26.6 Å². The van der Waals surface area contributed by atoms with Crippen molar-refractivity contribution < 1.29 is 13.5 Å². The molecule has 0 spiro atoms. The normalized spacial score (nSPS) is 11.1. The smallest absolute Gasteiger partial charge is 0.183 e. The Hall–Kier alpha value is -2.97. The van der Waals surface area contributed by atoms with Crippen molar-refractivity contribution in [2.24, 2.45) is 0 Å². The number of methoxy groups -OCH3 is 1. The number of ether oxygens (including phenoxy) is 1. The molecule has 0 unspecified atom stereocenters. The minimum Gasteiger partial charge on any atom is -0.462 e. The molecule has 0 fully saturated rings. The molecular formula is C21H21FN4O2S. The SMILES string of the molecule is COCc1ccc(CNc2nc(C)c(-c3ccn(Cc4ccccc4F)n3)s2)o1. The van der Waals surface area contributed by atoms with E-state index in [9.17, 15) is 4.39 Å². The van der Waals surface area contributed by atoms with Crippen LogP contribution in [0.15, 0.2) is 53.1 Å². The molecule has 8 heteroatoms. The molecule has 0 aliphatic rings. The van der Waals surface area contributed by atoms with Crippen LogP contribution in [0.4, 0.5) is 9.52 Å². The maximum Gasteiger partial charge on any atom is 0.183 e. The minimum atomic E-state index is -0.225. The Labute approximate surface area is 172 Å². The van der Waals surface area contributed by atoms with E-state index in [2.05, 4.69) is 15.4 Å². The molecule has 0 saturated carbocycles. The van der Waals surface area contributed by atoms with Crippen molar-refractivity contribution in [1.29, 1.82) is 0 Å². The molecule has 0 radical (unpaired) electrons. The minimum absolute atomic E-state index is 0.225. The van der Waals surface area contributed by atoms with Crippen molar-refractivity contribution >= 4 is 16.5 Å². The van der Waals surface area contributed by atoms with E-state index in [0.29, 0.717) is 25.3 Å². The van der Waals surface area contributed by atoms with Gasteiger partial charge in [-0.15, -0.1) is 0 Å². The first kappa shape index (κ1) is 19.4. The molecule has 150 valence electrons. The van der Waals surface area contributed by atoms with E-state index >= 15 is 0 Å². The zero-order chi connectivity index (χ0) is 20.2. The van der Waals surface area contributed by atoms with Crippen LogP contribution in [-0.4, -0.2) is 21.9 Å². The molecule has 0 amide bonds. The summed E-state index contributed by atoms with van der Waals surface area (Å²) < 4.78 is 26.3. The molecule has 1 aromatic carbocycles. The van der Waals surface area contributed by atoms with Crippen molar-refractivity contribution in [3.63, 3.8) is 0 Å². The van der Waals surface area contributed by atoms with Crippen LogP contribution < -0.4 is 5.32 Å². The van der Waals surface area contributed by atoms with E-state index in [1.807, 2.05) is 37.4 Å². The summed E-state index contributed by atoms with van der Waals surface area (Å²) in [5, 5.41) is 8.68. The molecule has 0 saturated heterocycles. The largest absolute Gasteiger partial charge is 0.462 e. The van der Waals surface area contributed by atoms with Gasteiger partial charge in [0, 0.05) is 18.9 Å². The molecule has 6 nitrogen and oxygen atoms in total. The van der Waals surface area contributed by atoms with Crippen molar-refractivity contribution in [3.05, 3.63) is 77.3 Å². The van der Waals surface area contributed by atoms with Gasteiger partial charge in [0.05, 0.1) is 23.7 Å². The number of thiazole rings is 1. The summed E-state index contributed by atoms with van der Waals surface area (Å²) in [5.74, 6) is 1.39. The number of anilines is 1. The summed E-state index contributed by atoms with van der Waals surface area (Å²) in [6.45, 7) is 3.34. The number of benzene rings is 1. The van der Waals surface area contributed by atoms with Crippen LogP contribution in [0.3, 0.4) is 0 Å². The summed E-state index contributed by atoms with van der Waals surface area (Å²) in [5.41, 5.74) is 2.33. The standard InChI is InChI=1S/C21H21FN4O2S/c1-14-20(19-9-10-26(25-19)12-15-5-3-4-6-18(15)22)29-21(24-14)23-11-16-7-8-17(28-16)13-27-2/h3-10H,11-13H2,1-2H3,(H,23,24). The third-order valence-electron chi connectivity index (χ3n) is 4.38. The lowest BCUT2D eigenvalue weighted by molar-refractivity contribution is 0.163. The predicted molar refractivity (Wildman–Crippen MR) is 110 cm³/mol. The second kappa shape index (κ2) is 8.59. The molecule has 29 heavy (non-hydrogen) atoms. The molecule has 3 aromatic heterocycles. The first-order chi connectivity index (χ1) is 14.1. The zero-order valence-corrected chi connectivity index (χ0v) is 17.0. The molecule has 0 bridgehead atoms. The molecular weight excluding hydrogens is 391 g/mol. The summed E-state index contributed by atoms with van der Waals surface area (Å²) >= 11 is 1.53. The van der Waals surface area contributed by atoms with Crippen LogP contribution in [-0.2, 0) is 24.4 Å². The lowest BCUT2D eigenvalue weighted by Gasteiger charge is -2.03. The Morgan fingerprint density at radius 1 is 1.17 bits per heavy atom. The number of rotatable bonds is 8. The summed E-state index contributed by atoms with van der Waals surface area (Å²) in [6, 6.07) is 12.5. The number of halogens is 1. The number of furan rings is 1. The number of hydrogen-bond donors (Lipinski definition) is 1. The molecule has 0 aliphatic carbocycles. The van der Waals surface area contributed by atoms with Crippen LogP contribution in [0.25, 0.3) is 10.6 Å². The van der Waals surface area contributed by atoms with Gasteiger partial charge in [-0.25, -0.2) is 9.37 Å². The molecule has 0 aliphatic heterocycles. The van der Waals surface area contributed by atoms with Crippen molar-refractivity contribution in [3.8, 4) is 10.6 Å². The summed E-state index contributed by atoms with van der Waals surface area (Å²) in [6.07, 6.45) is 1.86. The molecule has 4 aromatic rings. The maximum absolute atomic E-state index is 13.9. The first-order valence-corrected chi connectivity index (χ1v) is 9.99. The van der Waals surface area contributed by atoms with Crippen LogP contribution in [0.2, 0.25) is 0 Å². The average Bonchev–Trinajstić information content (AvgIpc) is 3.43. The van der Waals surface area contributed by atoms with Crippen LogP contribution >= 0.6 is 11.3 Å². The van der Waals surface area contributed by atoms with E-state index in [0.717, 1.165) is 32.9 Å². The van der Waals surface area contributed by atoms with Gasteiger partial charge in [0.15, 0.2) is 5.13 Å². The number of aryl methyl sites for hydroxylation is 1. The van der Waals surface area contributed by atoms with E-state index in [4.69, 9.17) is 9.15 Å². The molecule has 3 heterocycles. The number of hydrogen-bond acceptors (Lipinski definition) is 6. The van der Waals surface area contributed by atoms with Gasteiger partial charge >= 0.3 is 0 Å². The van der Waals surface area contributed by atoms with Gasteiger partial charge in [-0.1, -0.05) is 29.5 Å². The Morgan fingerprint density at radius 2 is 2.00 bits per heavy atom. The van der Waals surface area contributed by atoms with Gasteiger partial charge in [0.1, 0.15) is 29.6 Å². The van der Waals surface area contributed by atoms with Crippen molar-refractivity contribution in [2.75, 3.05) is 12.4 Å². The van der Waals surface area contributed by atoms with Crippen LogP contribution in [0.1, 0.15) is 22.8 Å². The second-order valence-corrected chi connectivity index (χ2v) is 7.58. The fraction of sp³-hybridized carbons (Fsp3) is 0.238. The fourth-order valence-corrected chi connectivity index (χ4v) is 3.91. The maximum atomic E-state index is 13.9. The van der Waals surface area contributed by atoms with Gasteiger partial charge in [0.2, 0.25) is 0 Å². The Kier molecular flexibility index (Phi) is 5.73. The van der Waals surface area contributed by atoms with E-state index < -0.39 is 0 Å².